The van der Waals surface area contributed by atoms with Gasteiger partial charge in [-0.3, -0.25) is 10.1 Å². The van der Waals surface area contributed by atoms with Gasteiger partial charge in [0.15, 0.2) is 5.13 Å². The van der Waals surface area contributed by atoms with Crippen LogP contribution in [-0.4, -0.2) is 36.3 Å². The number of benzene rings is 1. The number of methoxy groups -OCH3 is 1. The lowest BCUT2D eigenvalue weighted by atomic mass is 9.78. The van der Waals surface area contributed by atoms with E-state index in [1.165, 1.54) is 18.4 Å². The van der Waals surface area contributed by atoms with Gasteiger partial charge in [0, 0.05) is 11.6 Å². The summed E-state index contributed by atoms with van der Waals surface area (Å²) < 4.78 is 17.5. The van der Waals surface area contributed by atoms with Gasteiger partial charge in [0.05, 0.1) is 23.9 Å². The largest absolute Gasteiger partial charge is 0.496 e. The lowest BCUT2D eigenvalue weighted by Gasteiger charge is -2.32. The zero-order chi connectivity index (χ0) is 20.2. The fourth-order valence-electron chi connectivity index (χ4n) is 2.47. The number of thiazole rings is 1. The van der Waals surface area contributed by atoms with E-state index in [1.807, 2.05) is 47.6 Å². The highest BCUT2D eigenvalue weighted by atomic mass is 32.1. The van der Waals surface area contributed by atoms with E-state index in [0.29, 0.717) is 16.4 Å². The zero-order valence-corrected chi connectivity index (χ0v) is 17.8. The van der Waals surface area contributed by atoms with Crippen molar-refractivity contribution in [3.63, 3.8) is 0 Å². The van der Waals surface area contributed by atoms with Crippen molar-refractivity contribution < 1.29 is 18.8 Å². The van der Waals surface area contributed by atoms with Crippen molar-refractivity contribution in [1.29, 1.82) is 0 Å². The summed E-state index contributed by atoms with van der Waals surface area (Å²) in [7, 11) is 1.03. The van der Waals surface area contributed by atoms with Crippen molar-refractivity contribution in [3.8, 4) is 5.75 Å². The van der Waals surface area contributed by atoms with E-state index in [4.69, 9.17) is 14.0 Å². The Bertz CT molecular complexity index is 762. The van der Waals surface area contributed by atoms with Crippen LogP contribution >= 0.6 is 11.3 Å². The molecule has 1 saturated heterocycles. The molecule has 3 rings (SSSR count). The summed E-state index contributed by atoms with van der Waals surface area (Å²) in [6.07, 6.45) is 1.64. The molecule has 0 saturated carbocycles. The van der Waals surface area contributed by atoms with Crippen molar-refractivity contribution in [2.45, 2.75) is 52.7 Å². The fraction of sp³-hybridized carbons (Fsp3) is 0.474. The second-order valence-electron chi connectivity index (χ2n) is 6.84. The van der Waals surface area contributed by atoms with Crippen molar-refractivity contribution >= 4 is 35.0 Å². The van der Waals surface area contributed by atoms with Crippen LogP contribution in [0.4, 0.5) is 5.13 Å². The van der Waals surface area contributed by atoms with Gasteiger partial charge in [0.2, 0.25) is 0 Å². The molecule has 27 heavy (non-hydrogen) atoms. The van der Waals surface area contributed by atoms with E-state index in [-0.39, 0.29) is 5.91 Å². The number of carbonyl (C=O) groups is 1. The second kappa shape index (κ2) is 8.41. The molecule has 1 amide bonds. The van der Waals surface area contributed by atoms with Crippen molar-refractivity contribution in [2.24, 2.45) is 0 Å². The molecule has 2 aromatic rings. The van der Waals surface area contributed by atoms with Crippen LogP contribution in [0.25, 0.3) is 0 Å². The number of rotatable bonds is 4. The van der Waals surface area contributed by atoms with E-state index in [0.717, 1.165) is 5.46 Å². The number of ether oxygens (including phenoxy) is 1. The second-order valence-corrected chi connectivity index (χ2v) is 7.73. The van der Waals surface area contributed by atoms with Gasteiger partial charge in [-0.15, -0.1) is 11.3 Å². The third-order valence-electron chi connectivity index (χ3n) is 4.65. The predicted molar refractivity (Wildman–Crippen MR) is 110 cm³/mol. The van der Waals surface area contributed by atoms with Gasteiger partial charge in [0.1, 0.15) is 5.75 Å². The number of aromatic nitrogens is 1. The summed E-state index contributed by atoms with van der Waals surface area (Å²) in [5, 5.41) is 5.10. The Kier molecular flexibility index (Phi) is 6.67. The van der Waals surface area contributed by atoms with Gasteiger partial charge in [-0.1, -0.05) is 19.9 Å². The maximum Gasteiger partial charge on any atom is 0.494 e. The van der Waals surface area contributed by atoms with Gasteiger partial charge in [-0.2, -0.15) is 0 Å². The summed E-state index contributed by atoms with van der Waals surface area (Å²) in [6, 6.07) is 5.31. The van der Waals surface area contributed by atoms with E-state index in [1.54, 1.807) is 23.7 Å². The number of hydrogen-bond acceptors (Lipinski definition) is 6. The summed E-state index contributed by atoms with van der Waals surface area (Å²) in [4.78, 5) is 16.5. The highest BCUT2D eigenvalue weighted by molar-refractivity contribution is 7.13. The molecule has 0 atom stereocenters. The van der Waals surface area contributed by atoms with E-state index >= 15 is 0 Å². The monoisotopic (exact) mass is 390 g/mol. The van der Waals surface area contributed by atoms with Gasteiger partial charge >= 0.3 is 7.12 Å². The molecular formula is C19H27BN2O4S. The van der Waals surface area contributed by atoms with Crippen LogP contribution in [0.2, 0.25) is 0 Å². The number of anilines is 1. The molecule has 1 aliphatic rings. The Hall–Kier alpha value is -1.90. The van der Waals surface area contributed by atoms with Crippen LogP contribution in [0.5, 0.6) is 5.75 Å². The first kappa shape index (κ1) is 21.4. The molecule has 2 heterocycles. The minimum absolute atomic E-state index is 0.271. The maximum absolute atomic E-state index is 12.4. The number of amides is 1. The fourth-order valence-corrected chi connectivity index (χ4v) is 2.99. The molecule has 8 heteroatoms. The molecule has 1 aliphatic heterocycles. The molecule has 1 aromatic heterocycles. The maximum atomic E-state index is 12.4. The molecule has 0 bridgehead atoms. The van der Waals surface area contributed by atoms with Crippen LogP contribution in [0.3, 0.4) is 0 Å². The van der Waals surface area contributed by atoms with Crippen LogP contribution in [0.1, 0.15) is 51.9 Å². The van der Waals surface area contributed by atoms with Gasteiger partial charge in [-0.05, 0) is 45.3 Å². The Labute approximate surface area is 165 Å². The molecule has 0 radical (unpaired) electrons. The Morgan fingerprint density at radius 1 is 1.19 bits per heavy atom. The van der Waals surface area contributed by atoms with Crippen molar-refractivity contribution in [2.75, 3.05) is 12.4 Å². The SMILES string of the molecule is CC.COc1cc(B2OC(C)(C)C(C)(C)O2)ccc1C(=O)Nc1nccs1. The standard InChI is InChI=1S/C17H21BN2O4S.C2H6/c1-16(2)17(3,4)24-18(23-16)11-6-7-12(13(10-11)22-5)14(21)20-15-19-8-9-25-15;1-2/h6-10H,1-5H3,(H,19,20,21);1-2H3. The first-order chi connectivity index (χ1) is 12.7. The molecular weight excluding hydrogens is 363 g/mol. The number of nitrogens with one attached hydrogen (secondary N) is 1. The van der Waals surface area contributed by atoms with Crippen molar-refractivity contribution in [3.05, 3.63) is 35.3 Å². The average molecular weight is 390 g/mol. The molecule has 1 aromatic carbocycles. The Morgan fingerprint density at radius 3 is 2.33 bits per heavy atom. The molecule has 146 valence electrons. The molecule has 0 spiro atoms. The lowest BCUT2D eigenvalue weighted by molar-refractivity contribution is 0.00578. The first-order valence-corrected chi connectivity index (χ1v) is 9.86. The minimum Gasteiger partial charge on any atom is -0.496 e. The lowest BCUT2D eigenvalue weighted by Crippen LogP contribution is -2.41. The quantitative estimate of drug-likeness (QED) is 0.806. The van der Waals surface area contributed by atoms with E-state index in [2.05, 4.69) is 10.3 Å². The summed E-state index contributed by atoms with van der Waals surface area (Å²) in [6.45, 7) is 12.0. The Morgan fingerprint density at radius 2 is 1.81 bits per heavy atom. The third-order valence-corrected chi connectivity index (χ3v) is 5.34. The first-order valence-electron chi connectivity index (χ1n) is 8.98. The smallest absolute Gasteiger partial charge is 0.494 e. The normalized spacial score (nSPS) is 17.1. The molecule has 6 nitrogen and oxygen atoms in total. The molecule has 1 N–H and O–H groups in total. The summed E-state index contributed by atoms with van der Waals surface area (Å²) in [5.41, 5.74) is 0.386. The van der Waals surface area contributed by atoms with Crippen LogP contribution in [0, 0.1) is 0 Å². The zero-order valence-electron chi connectivity index (χ0n) is 17.0. The van der Waals surface area contributed by atoms with E-state index in [9.17, 15) is 4.79 Å². The number of nitrogens with zero attached hydrogens (tertiary/aromatic N) is 1. The van der Waals surface area contributed by atoms with Gasteiger partial charge in [0.25, 0.3) is 5.91 Å². The number of carbonyl (C=O) groups excluding carboxylic acids is 1. The predicted octanol–water partition coefficient (Wildman–Crippen LogP) is 3.73. The molecule has 0 aliphatic carbocycles. The van der Waals surface area contributed by atoms with Gasteiger partial charge in [-0.25, -0.2) is 4.98 Å². The van der Waals surface area contributed by atoms with Crippen LogP contribution in [0.15, 0.2) is 29.8 Å². The highest BCUT2D eigenvalue weighted by Gasteiger charge is 2.51. The highest BCUT2D eigenvalue weighted by Crippen LogP contribution is 2.36. The topological polar surface area (TPSA) is 69.7 Å². The van der Waals surface area contributed by atoms with Gasteiger partial charge < -0.3 is 14.0 Å². The van der Waals surface area contributed by atoms with Crippen molar-refractivity contribution in [1.82, 2.24) is 4.98 Å². The molecule has 1 fully saturated rings. The minimum atomic E-state index is -0.505. The number of hydrogen-bond donors (Lipinski definition) is 1. The summed E-state index contributed by atoms with van der Waals surface area (Å²) >= 11 is 1.36. The van der Waals surface area contributed by atoms with Crippen LogP contribution in [-0.2, 0) is 9.31 Å². The third kappa shape index (κ3) is 4.51. The Balaban J connectivity index is 0.00000126. The average Bonchev–Trinajstić information content (AvgIpc) is 3.21. The molecule has 0 unspecified atom stereocenters. The van der Waals surface area contributed by atoms with E-state index < -0.39 is 18.3 Å². The van der Waals surface area contributed by atoms with Crippen LogP contribution < -0.4 is 15.5 Å². The summed E-state index contributed by atoms with van der Waals surface area (Å²) in [5.74, 6) is 0.188.